The third kappa shape index (κ3) is 4.50. The molecule has 0 aliphatic rings. The summed E-state index contributed by atoms with van der Waals surface area (Å²) >= 11 is 0. The number of hydrogen-bond acceptors (Lipinski definition) is 3. The number of methoxy groups -OCH3 is 1. The molecule has 0 saturated heterocycles. The van der Waals surface area contributed by atoms with E-state index in [-0.39, 0.29) is 0 Å². The van der Waals surface area contributed by atoms with E-state index in [2.05, 4.69) is 43.4 Å². The fourth-order valence-corrected chi connectivity index (χ4v) is 2.15. The van der Waals surface area contributed by atoms with Crippen molar-refractivity contribution in [2.75, 3.05) is 20.3 Å². The normalized spacial score (nSPS) is 12.0. The van der Waals surface area contributed by atoms with Crippen LogP contribution in [0, 0.1) is 6.92 Å². The first-order valence-corrected chi connectivity index (χ1v) is 7.26. The minimum atomic E-state index is 0.312. The molecule has 0 aromatic heterocycles. The van der Waals surface area contributed by atoms with Crippen LogP contribution in [0.4, 0.5) is 0 Å². The molecule has 0 amide bonds. The number of benzene rings is 2. The van der Waals surface area contributed by atoms with Gasteiger partial charge in [-0.25, -0.2) is 0 Å². The molecule has 2 aromatic carbocycles. The Hall–Kier alpha value is -2.00. The van der Waals surface area contributed by atoms with Crippen LogP contribution in [-0.4, -0.2) is 20.3 Å². The highest BCUT2D eigenvalue weighted by Gasteiger charge is 2.05. The largest absolute Gasteiger partial charge is 0.493 e. The van der Waals surface area contributed by atoms with Crippen molar-refractivity contribution >= 4 is 0 Å². The molecule has 0 bridgehead atoms. The summed E-state index contributed by atoms with van der Waals surface area (Å²) in [4.78, 5) is 0. The van der Waals surface area contributed by atoms with Crippen LogP contribution in [0.1, 0.15) is 24.1 Å². The van der Waals surface area contributed by atoms with Gasteiger partial charge in [0.15, 0.2) is 11.5 Å². The maximum absolute atomic E-state index is 5.75. The first-order chi connectivity index (χ1) is 10.2. The summed E-state index contributed by atoms with van der Waals surface area (Å²) in [6.45, 7) is 5.65. The summed E-state index contributed by atoms with van der Waals surface area (Å²) in [7, 11) is 1.65. The Balaban J connectivity index is 1.78. The van der Waals surface area contributed by atoms with Gasteiger partial charge in [-0.05, 0) is 31.5 Å². The molecular formula is C18H23NO2. The second kappa shape index (κ2) is 7.70. The number of para-hydroxylation sites is 2. The second-order valence-electron chi connectivity index (χ2n) is 5.09. The standard InChI is InChI=1S/C18H23NO2/c1-14-8-10-16(11-9-14)15(2)19-12-13-21-18-7-5-4-6-17(18)20-3/h4-11,15,19H,12-13H2,1-3H3. The summed E-state index contributed by atoms with van der Waals surface area (Å²) in [5.74, 6) is 1.55. The minimum Gasteiger partial charge on any atom is -0.493 e. The average molecular weight is 285 g/mol. The highest BCUT2D eigenvalue weighted by molar-refractivity contribution is 5.39. The van der Waals surface area contributed by atoms with Crippen LogP contribution >= 0.6 is 0 Å². The van der Waals surface area contributed by atoms with E-state index in [1.165, 1.54) is 11.1 Å². The van der Waals surface area contributed by atoms with Gasteiger partial charge in [0, 0.05) is 12.6 Å². The number of nitrogens with one attached hydrogen (secondary N) is 1. The zero-order valence-electron chi connectivity index (χ0n) is 12.9. The smallest absolute Gasteiger partial charge is 0.161 e. The van der Waals surface area contributed by atoms with E-state index in [0.717, 1.165) is 18.0 Å². The van der Waals surface area contributed by atoms with Crippen molar-refractivity contribution in [1.29, 1.82) is 0 Å². The van der Waals surface area contributed by atoms with Crippen LogP contribution in [0.15, 0.2) is 48.5 Å². The first kappa shape index (κ1) is 15.4. The molecule has 3 heteroatoms. The second-order valence-corrected chi connectivity index (χ2v) is 5.09. The van der Waals surface area contributed by atoms with Crippen molar-refractivity contribution in [3.63, 3.8) is 0 Å². The molecule has 1 atom stereocenters. The Bertz CT molecular complexity index is 551. The van der Waals surface area contributed by atoms with Gasteiger partial charge in [-0.1, -0.05) is 42.0 Å². The van der Waals surface area contributed by atoms with Gasteiger partial charge in [0.25, 0.3) is 0 Å². The molecule has 0 aliphatic carbocycles. The molecule has 1 N–H and O–H groups in total. The van der Waals surface area contributed by atoms with Gasteiger partial charge in [0.2, 0.25) is 0 Å². The fraction of sp³-hybridized carbons (Fsp3) is 0.333. The molecular weight excluding hydrogens is 262 g/mol. The molecule has 0 spiro atoms. The van der Waals surface area contributed by atoms with Crippen molar-refractivity contribution in [3.05, 3.63) is 59.7 Å². The van der Waals surface area contributed by atoms with Gasteiger partial charge in [-0.3, -0.25) is 0 Å². The number of aryl methyl sites for hydroxylation is 1. The molecule has 0 aliphatic heterocycles. The summed E-state index contributed by atoms with van der Waals surface area (Å²) in [6, 6.07) is 16.6. The predicted molar refractivity (Wildman–Crippen MR) is 86.1 cm³/mol. The Labute approximate surface area is 126 Å². The van der Waals surface area contributed by atoms with E-state index in [9.17, 15) is 0 Å². The van der Waals surface area contributed by atoms with Crippen molar-refractivity contribution in [2.45, 2.75) is 19.9 Å². The van der Waals surface area contributed by atoms with Gasteiger partial charge in [0.05, 0.1) is 7.11 Å². The highest BCUT2D eigenvalue weighted by Crippen LogP contribution is 2.25. The van der Waals surface area contributed by atoms with Crippen molar-refractivity contribution in [2.24, 2.45) is 0 Å². The molecule has 0 saturated carbocycles. The lowest BCUT2D eigenvalue weighted by atomic mass is 10.1. The van der Waals surface area contributed by atoms with Gasteiger partial charge in [0.1, 0.15) is 6.61 Å². The van der Waals surface area contributed by atoms with Crippen LogP contribution in [0.5, 0.6) is 11.5 Å². The topological polar surface area (TPSA) is 30.5 Å². The molecule has 112 valence electrons. The monoisotopic (exact) mass is 285 g/mol. The summed E-state index contributed by atoms with van der Waals surface area (Å²) in [5.41, 5.74) is 2.57. The van der Waals surface area contributed by atoms with Crippen LogP contribution in [0.25, 0.3) is 0 Å². The SMILES string of the molecule is COc1ccccc1OCCNC(C)c1ccc(C)cc1. The zero-order chi connectivity index (χ0) is 15.1. The lowest BCUT2D eigenvalue weighted by Gasteiger charge is -2.15. The van der Waals surface area contributed by atoms with Crippen molar-refractivity contribution in [1.82, 2.24) is 5.32 Å². The Morgan fingerprint density at radius 3 is 2.33 bits per heavy atom. The molecule has 3 nitrogen and oxygen atoms in total. The number of hydrogen-bond donors (Lipinski definition) is 1. The van der Waals surface area contributed by atoms with E-state index in [4.69, 9.17) is 9.47 Å². The third-order valence-electron chi connectivity index (χ3n) is 3.46. The number of rotatable bonds is 7. The van der Waals surface area contributed by atoms with Crippen molar-refractivity contribution in [3.8, 4) is 11.5 Å². The Morgan fingerprint density at radius 2 is 1.67 bits per heavy atom. The molecule has 0 heterocycles. The van der Waals surface area contributed by atoms with E-state index in [1.54, 1.807) is 7.11 Å². The molecule has 0 radical (unpaired) electrons. The zero-order valence-corrected chi connectivity index (χ0v) is 12.9. The first-order valence-electron chi connectivity index (χ1n) is 7.26. The van der Waals surface area contributed by atoms with Crippen LogP contribution in [-0.2, 0) is 0 Å². The molecule has 2 aromatic rings. The lowest BCUT2D eigenvalue weighted by Crippen LogP contribution is -2.24. The van der Waals surface area contributed by atoms with Gasteiger partial charge < -0.3 is 14.8 Å². The molecule has 1 unspecified atom stereocenters. The predicted octanol–water partition coefficient (Wildman–Crippen LogP) is 3.73. The maximum atomic E-state index is 5.75. The van der Waals surface area contributed by atoms with Crippen LogP contribution < -0.4 is 14.8 Å². The van der Waals surface area contributed by atoms with Gasteiger partial charge in [-0.2, -0.15) is 0 Å². The molecule has 0 fully saturated rings. The minimum absolute atomic E-state index is 0.312. The summed E-state index contributed by atoms with van der Waals surface area (Å²) < 4.78 is 11.0. The van der Waals surface area contributed by atoms with E-state index in [1.807, 2.05) is 24.3 Å². The number of ether oxygens (including phenoxy) is 2. The highest BCUT2D eigenvalue weighted by atomic mass is 16.5. The summed E-state index contributed by atoms with van der Waals surface area (Å²) in [6.07, 6.45) is 0. The van der Waals surface area contributed by atoms with E-state index >= 15 is 0 Å². The lowest BCUT2D eigenvalue weighted by molar-refractivity contribution is 0.288. The van der Waals surface area contributed by atoms with Crippen LogP contribution in [0.3, 0.4) is 0 Å². The fourth-order valence-electron chi connectivity index (χ4n) is 2.15. The molecule has 21 heavy (non-hydrogen) atoms. The maximum Gasteiger partial charge on any atom is 0.161 e. The molecule has 2 rings (SSSR count). The van der Waals surface area contributed by atoms with Gasteiger partial charge >= 0.3 is 0 Å². The Kier molecular flexibility index (Phi) is 5.64. The van der Waals surface area contributed by atoms with Crippen LogP contribution in [0.2, 0.25) is 0 Å². The van der Waals surface area contributed by atoms with Gasteiger partial charge in [-0.15, -0.1) is 0 Å². The van der Waals surface area contributed by atoms with Crippen molar-refractivity contribution < 1.29 is 9.47 Å². The third-order valence-corrected chi connectivity index (χ3v) is 3.46. The Morgan fingerprint density at radius 1 is 1.00 bits per heavy atom. The quantitative estimate of drug-likeness (QED) is 0.786. The summed E-state index contributed by atoms with van der Waals surface area (Å²) in [5, 5.41) is 3.46. The van der Waals surface area contributed by atoms with E-state index in [0.29, 0.717) is 12.6 Å². The van der Waals surface area contributed by atoms with E-state index < -0.39 is 0 Å². The average Bonchev–Trinajstić information content (AvgIpc) is 2.52.